The first-order chi connectivity index (χ1) is 19.2. The molecule has 1 unspecified atom stereocenters. The number of benzene rings is 1. The maximum Gasteiger partial charge on any atom is 0.238 e. The summed E-state index contributed by atoms with van der Waals surface area (Å²) < 4.78 is 38.3. The number of aromatic nitrogens is 2. The molecular formula is C29H35N5O5S. The third kappa shape index (κ3) is 4.80. The Morgan fingerprint density at radius 1 is 1.15 bits per heavy atom. The Hall–Kier alpha value is -3.28. The summed E-state index contributed by atoms with van der Waals surface area (Å²) in [6.07, 6.45) is 9.42. The van der Waals surface area contributed by atoms with Gasteiger partial charge in [-0.3, -0.25) is 14.5 Å². The first-order valence-electron chi connectivity index (χ1n) is 13.8. The number of fused-ring (bicyclic) bond motifs is 4. The second-order valence-corrected chi connectivity index (χ2v) is 12.9. The molecule has 1 saturated heterocycles. The number of methoxy groups -OCH3 is 1. The molecular weight excluding hydrogens is 530 g/mol. The van der Waals surface area contributed by atoms with Crippen LogP contribution in [-0.2, 0) is 25.0 Å². The predicted octanol–water partition coefficient (Wildman–Crippen LogP) is 3.56. The first kappa shape index (κ1) is 26.9. The highest BCUT2D eigenvalue weighted by Gasteiger charge is 2.54. The van der Waals surface area contributed by atoms with Gasteiger partial charge in [-0.25, -0.2) is 13.4 Å². The zero-order chi connectivity index (χ0) is 28.1. The van der Waals surface area contributed by atoms with Crippen LogP contribution in [0.4, 0.5) is 11.4 Å². The van der Waals surface area contributed by atoms with Crippen molar-refractivity contribution in [2.45, 2.75) is 43.6 Å². The lowest BCUT2D eigenvalue weighted by Gasteiger charge is -2.37. The fourth-order valence-corrected chi connectivity index (χ4v) is 6.84. The van der Waals surface area contributed by atoms with E-state index in [0.717, 1.165) is 91.3 Å². The lowest BCUT2D eigenvalue weighted by Crippen LogP contribution is -2.43. The van der Waals surface area contributed by atoms with Gasteiger partial charge in [0.05, 0.1) is 41.8 Å². The molecule has 2 aromatic heterocycles. The number of hydrogen-bond acceptors (Lipinski definition) is 8. The van der Waals surface area contributed by atoms with Crippen molar-refractivity contribution in [3.05, 3.63) is 42.2 Å². The second kappa shape index (κ2) is 10.3. The number of amides is 1. The van der Waals surface area contributed by atoms with Crippen molar-refractivity contribution in [3.8, 4) is 17.0 Å². The topological polar surface area (TPSA) is 114 Å². The molecule has 1 amide bonds. The van der Waals surface area contributed by atoms with Gasteiger partial charge in [0.15, 0.2) is 0 Å². The number of anilines is 2. The summed E-state index contributed by atoms with van der Waals surface area (Å²) in [7, 11) is 0.000319. The van der Waals surface area contributed by atoms with Crippen molar-refractivity contribution in [2.75, 3.05) is 56.3 Å². The molecule has 1 saturated carbocycles. The molecule has 40 heavy (non-hydrogen) atoms. The van der Waals surface area contributed by atoms with Gasteiger partial charge in [-0.1, -0.05) is 12.5 Å². The van der Waals surface area contributed by atoms with E-state index in [9.17, 15) is 13.2 Å². The normalized spacial score (nSPS) is 20.2. The number of likely N-dealkylation sites (N-methyl/N-ethyl adjacent to an activating group) is 1. The van der Waals surface area contributed by atoms with Crippen molar-refractivity contribution < 1.29 is 22.7 Å². The van der Waals surface area contributed by atoms with Gasteiger partial charge in [-0.2, -0.15) is 0 Å². The molecule has 3 aliphatic rings. The number of pyridine rings is 2. The molecule has 6 rings (SSSR count). The standard InChI is InChI=1S/C29H35N5O5S/c1-33-25-17-30-23-7-6-19(14-22(23)26(25)29(28(33)35)9-4-10-29)20-15-24(32-40(3,36)37)27(31-16-20)39-13-5-11-34-12-8-21(18-34)38-2/h6-7,14-17,21,32H,4-5,8-13,18H2,1-3H3. The van der Waals surface area contributed by atoms with E-state index in [-0.39, 0.29) is 17.9 Å². The predicted molar refractivity (Wildman–Crippen MR) is 154 cm³/mol. The maximum atomic E-state index is 13.2. The van der Waals surface area contributed by atoms with Crippen LogP contribution in [0.3, 0.4) is 0 Å². The summed E-state index contributed by atoms with van der Waals surface area (Å²) >= 11 is 0. The number of nitrogens with one attached hydrogen (secondary N) is 1. The minimum atomic E-state index is -3.56. The average Bonchev–Trinajstić information content (AvgIpc) is 3.46. The summed E-state index contributed by atoms with van der Waals surface area (Å²) in [4.78, 5) is 26.4. The average molecular weight is 566 g/mol. The number of sulfonamides is 1. The minimum absolute atomic E-state index is 0.138. The van der Waals surface area contributed by atoms with Gasteiger partial charge in [-0.05, 0) is 49.4 Å². The highest BCUT2D eigenvalue weighted by Crippen LogP contribution is 2.55. The molecule has 1 aliphatic carbocycles. The van der Waals surface area contributed by atoms with Gasteiger partial charge >= 0.3 is 0 Å². The Morgan fingerprint density at radius 2 is 1.98 bits per heavy atom. The van der Waals surface area contributed by atoms with Crippen LogP contribution >= 0.6 is 0 Å². The molecule has 1 atom stereocenters. The van der Waals surface area contributed by atoms with E-state index in [1.54, 1.807) is 30.5 Å². The van der Waals surface area contributed by atoms with E-state index in [1.165, 1.54) is 0 Å². The Kier molecular flexibility index (Phi) is 6.92. The summed E-state index contributed by atoms with van der Waals surface area (Å²) in [6, 6.07) is 7.68. The second-order valence-electron chi connectivity index (χ2n) is 11.2. The Bertz CT molecular complexity index is 1570. The SMILES string of the molecule is COC1CCN(CCCOc2ncc(-c3ccc4ncc5c(c4c3)C3(CCC3)C(=O)N5C)cc2NS(C)(=O)=O)C1. The van der Waals surface area contributed by atoms with Gasteiger partial charge in [0, 0.05) is 56.5 Å². The Labute approximate surface area is 234 Å². The third-order valence-electron chi connectivity index (χ3n) is 8.51. The molecule has 1 spiro atoms. The molecule has 1 N–H and O–H groups in total. The molecule has 2 fully saturated rings. The van der Waals surface area contributed by atoms with Crippen molar-refractivity contribution >= 4 is 38.2 Å². The summed E-state index contributed by atoms with van der Waals surface area (Å²) in [5.74, 6) is 0.383. The lowest BCUT2D eigenvalue weighted by atomic mass is 9.64. The number of hydrogen-bond donors (Lipinski definition) is 1. The molecule has 2 aliphatic heterocycles. The number of nitrogens with zero attached hydrogens (tertiary/aromatic N) is 4. The van der Waals surface area contributed by atoms with E-state index in [2.05, 4.69) is 19.6 Å². The van der Waals surface area contributed by atoms with Crippen LogP contribution in [0, 0.1) is 0 Å². The van der Waals surface area contributed by atoms with E-state index in [4.69, 9.17) is 9.47 Å². The number of rotatable bonds is 9. The van der Waals surface area contributed by atoms with Crippen LogP contribution in [0.5, 0.6) is 5.88 Å². The van der Waals surface area contributed by atoms with Crippen LogP contribution in [0.1, 0.15) is 37.7 Å². The molecule has 3 aromatic rings. The van der Waals surface area contributed by atoms with Crippen LogP contribution in [-0.4, -0.2) is 82.0 Å². The van der Waals surface area contributed by atoms with Crippen LogP contribution in [0.25, 0.3) is 22.0 Å². The zero-order valence-electron chi connectivity index (χ0n) is 23.1. The molecule has 4 heterocycles. The van der Waals surface area contributed by atoms with E-state index in [1.807, 2.05) is 25.2 Å². The molecule has 1 aromatic carbocycles. The number of carbonyl (C=O) groups is 1. The van der Waals surface area contributed by atoms with Gasteiger partial charge in [0.2, 0.25) is 21.8 Å². The zero-order valence-corrected chi connectivity index (χ0v) is 24.0. The monoisotopic (exact) mass is 565 g/mol. The molecule has 0 bridgehead atoms. The fraction of sp³-hybridized carbons (Fsp3) is 0.483. The van der Waals surface area contributed by atoms with E-state index in [0.29, 0.717) is 12.3 Å². The Balaban J connectivity index is 1.28. The minimum Gasteiger partial charge on any atom is -0.476 e. The van der Waals surface area contributed by atoms with Crippen LogP contribution < -0.4 is 14.4 Å². The highest BCUT2D eigenvalue weighted by molar-refractivity contribution is 7.92. The summed E-state index contributed by atoms with van der Waals surface area (Å²) in [5.41, 5.74) is 4.16. The number of ether oxygens (including phenoxy) is 2. The van der Waals surface area contributed by atoms with Crippen molar-refractivity contribution in [1.82, 2.24) is 14.9 Å². The molecule has 0 radical (unpaired) electrons. The molecule has 212 valence electrons. The van der Waals surface area contributed by atoms with E-state index >= 15 is 0 Å². The lowest BCUT2D eigenvalue weighted by molar-refractivity contribution is -0.125. The first-order valence-corrected chi connectivity index (χ1v) is 15.7. The van der Waals surface area contributed by atoms with Gasteiger partial charge < -0.3 is 19.3 Å². The van der Waals surface area contributed by atoms with Crippen LogP contribution in [0.2, 0.25) is 0 Å². The van der Waals surface area contributed by atoms with Gasteiger partial charge in [-0.15, -0.1) is 0 Å². The van der Waals surface area contributed by atoms with Crippen molar-refractivity contribution in [2.24, 2.45) is 0 Å². The fourth-order valence-electron chi connectivity index (χ4n) is 6.30. The van der Waals surface area contributed by atoms with Gasteiger partial charge in [0.25, 0.3) is 0 Å². The maximum absolute atomic E-state index is 13.2. The Morgan fingerprint density at radius 3 is 2.67 bits per heavy atom. The van der Waals surface area contributed by atoms with Gasteiger partial charge in [0.1, 0.15) is 5.69 Å². The van der Waals surface area contributed by atoms with Crippen LogP contribution in [0.15, 0.2) is 36.7 Å². The molecule has 11 heteroatoms. The molecule has 10 nitrogen and oxygen atoms in total. The van der Waals surface area contributed by atoms with Crippen molar-refractivity contribution in [1.29, 1.82) is 0 Å². The van der Waals surface area contributed by atoms with Crippen molar-refractivity contribution in [3.63, 3.8) is 0 Å². The highest BCUT2D eigenvalue weighted by atomic mass is 32.2. The quantitative estimate of drug-likeness (QED) is 0.392. The smallest absolute Gasteiger partial charge is 0.238 e. The number of carbonyl (C=O) groups excluding carboxylic acids is 1. The largest absolute Gasteiger partial charge is 0.476 e. The summed E-state index contributed by atoms with van der Waals surface area (Å²) in [6.45, 7) is 3.21. The van der Waals surface area contributed by atoms with E-state index < -0.39 is 15.4 Å². The third-order valence-corrected chi connectivity index (χ3v) is 9.10. The number of likely N-dealkylation sites (tertiary alicyclic amines) is 1. The summed E-state index contributed by atoms with van der Waals surface area (Å²) in [5, 5.41) is 0.947.